The first-order chi connectivity index (χ1) is 22.5. The first-order valence-electron chi connectivity index (χ1n) is 16.0. The molecule has 2 saturated heterocycles. The van der Waals surface area contributed by atoms with Crippen molar-refractivity contribution >= 4 is 33.3 Å². The van der Waals surface area contributed by atoms with Crippen molar-refractivity contribution in [3.63, 3.8) is 0 Å². The molecule has 252 valence electrons. The zero-order valence-corrected chi connectivity index (χ0v) is 26.7. The van der Waals surface area contributed by atoms with E-state index in [0.29, 0.717) is 77.1 Å². The molecule has 14 heteroatoms. The molecule has 0 aromatic heterocycles. The predicted octanol–water partition coefficient (Wildman–Crippen LogP) is 2.33. The Morgan fingerprint density at radius 3 is 2.32 bits per heavy atom. The normalized spacial score (nSPS) is 30.2. The van der Waals surface area contributed by atoms with Crippen LogP contribution in [0.15, 0.2) is 41.3 Å². The Bertz CT molecular complexity index is 1660. The number of carbonyl (C=O) groups excluding carboxylic acids is 3. The average Bonchev–Trinajstić information content (AvgIpc) is 3.12. The minimum absolute atomic E-state index is 0.0564. The number of hydrogen-bond donors (Lipinski definition) is 2. The molecule has 1 unspecified atom stereocenters. The number of halogens is 1. The summed E-state index contributed by atoms with van der Waals surface area (Å²) in [6.07, 6.45) is 2.71. The average molecular weight is 672 g/mol. The summed E-state index contributed by atoms with van der Waals surface area (Å²) in [4.78, 5) is 41.0. The molecule has 5 fully saturated rings. The number of ether oxygens (including phenoxy) is 4. The lowest BCUT2D eigenvalue weighted by atomic mass is 9.57. The van der Waals surface area contributed by atoms with Crippen LogP contribution in [-0.2, 0) is 44.9 Å². The summed E-state index contributed by atoms with van der Waals surface area (Å²) in [5.41, 5.74) is 5.90. The molecule has 12 nitrogen and oxygen atoms in total. The Hall–Kier alpha value is -3.43. The van der Waals surface area contributed by atoms with Gasteiger partial charge in [0.25, 0.3) is 5.91 Å². The van der Waals surface area contributed by atoms with Gasteiger partial charge in [0.2, 0.25) is 5.91 Å². The van der Waals surface area contributed by atoms with E-state index in [-0.39, 0.29) is 36.0 Å². The molecular weight excluding hydrogens is 633 g/mol. The van der Waals surface area contributed by atoms with E-state index in [0.717, 1.165) is 17.7 Å². The fourth-order valence-corrected chi connectivity index (χ4v) is 8.87. The number of amides is 2. The van der Waals surface area contributed by atoms with E-state index in [1.54, 1.807) is 12.1 Å². The van der Waals surface area contributed by atoms with Crippen molar-refractivity contribution in [2.75, 3.05) is 43.7 Å². The van der Waals surface area contributed by atoms with Gasteiger partial charge in [-0.3, -0.25) is 14.4 Å². The third kappa shape index (κ3) is 6.06. The molecule has 8 rings (SSSR count). The number of benzene rings is 2. The molecule has 3 heterocycles. The first kappa shape index (κ1) is 32.1. The monoisotopic (exact) mass is 671 g/mol. The molecule has 0 spiro atoms. The van der Waals surface area contributed by atoms with Crippen molar-refractivity contribution in [3.05, 3.63) is 58.9 Å². The van der Waals surface area contributed by atoms with Gasteiger partial charge in [0.15, 0.2) is 9.84 Å². The number of nitrogens with two attached hydrogens (primary N) is 1. The van der Waals surface area contributed by atoms with Gasteiger partial charge >= 0.3 is 5.97 Å². The van der Waals surface area contributed by atoms with Crippen molar-refractivity contribution < 1.29 is 46.1 Å². The molecule has 3 saturated carbocycles. The van der Waals surface area contributed by atoms with E-state index in [4.69, 9.17) is 24.7 Å². The number of hydrogen-bond acceptors (Lipinski definition) is 10. The number of rotatable bonds is 7. The number of fused-ring (bicyclic) bond motifs is 4. The Morgan fingerprint density at radius 1 is 1.00 bits per heavy atom. The van der Waals surface area contributed by atoms with Crippen molar-refractivity contribution in [1.82, 2.24) is 5.32 Å². The highest BCUT2D eigenvalue weighted by atomic mass is 32.2. The van der Waals surface area contributed by atoms with Gasteiger partial charge in [0.05, 0.1) is 72.9 Å². The van der Waals surface area contributed by atoms with Gasteiger partial charge in [0, 0.05) is 5.54 Å². The van der Waals surface area contributed by atoms with Crippen molar-refractivity contribution in [1.29, 1.82) is 0 Å². The summed E-state index contributed by atoms with van der Waals surface area (Å²) < 4.78 is 64.2. The molecule has 6 aliphatic rings. The van der Waals surface area contributed by atoms with Crippen LogP contribution in [0, 0.1) is 11.2 Å². The molecule has 3 aliphatic heterocycles. The Labute approximate surface area is 272 Å². The Morgan fingerprint density at radius 2 is 1.70 bits per heavy atom. The molecule has 3 aliphatic carbocycles. The summed E-state index contributed by atoms with van der Waals surface area (Å²) in [6, 6.07) is 7.86. The highest BCUT2D eigenvalue weighted by Crippen LogP contribution is 2.53. The first-order valence-corrected chi connectivity index (χ1v) is 17.7. The minimum Gasteiger partial charge on any atom is -0.457 e. The molecule has 2 bridgehead atoms. The van der Waals surface area contributed by atoms with Crippen LogP contribution in [-0.4, -0.2) is 82.7 Å². The zero-order valence-electron chi connectivity index (χ0n) is 25.9. The van der Waals surface area contributed by atoms with Crippen LogP contribution in [0.5, 0.6) is 0 Å². The van der Waals surface area contributed by atoms with Crippen LogP contribution >= 0.6 is 0 Å². The third-order valence-corrected chi connectivity index (χ3v) is 12.1. The standard InChI is InChI=1S/C33H38FN3O9S/c34-24-14-28-26(13-23(24)29(38)36-33-8-5-32(6-9-33,7-10-33)31(40)46-22-16-44-17-22)37(30(39)25(35)19-47(28,41)42)15-20-1-3-21(4-2-20)27-18-43-11-12-45-27/h1-4,13-14,22,25,27H,5-12,15-19,35H2,(H,36,38)/t25-,27?,32?,33?/m0/s1. The van der Waals surface area contributed by atoms with Crippen LogP contribution < -0.4 is 16.0 Å². The highest BCUT2D eigenvalue weighted by molar-refractivity contribution is 7.91. The smallest absolute Gasteiger partial charge is 0.312 e. The van der Waals surface area contributed by atoms with Crippen LogP contribution in [0.2, 0.25) is 0 Å². The molecule has 2 amide bonds. The maximum Gasteiger partial charge on any atom is 0.312 e. The Kier molecular flexibility index (Phi) is 8.36. The molecule has 0 radical (unpaired) electrons. The lowest BCUT2D eigenvalue weighted by Gasteiger charge is -2.52. The number of sulfone groups is 1. The second-order valence-corrected chi connectivity index (χ2v) is 15.4. The number of nitrogens with zero attached hydrogens (tertiary/aromatic N) is 1. The van der Waals surface area contributed by atoms with E-state index in [2.05, 4.69) is 5.32 Å². The molecule has 3 N–H and O–H groups in total. The van der Waals surface area contributed by atoms with Gasteiger partial charge in [-0.1, -0.05) is 24.3 Å². The van der Waals surface area contributed by atoms with Gasteiger partial charge in [-0.05, 0) is 61.8 Å². The van der Waals surface area contributed by atoms with Crippen LogP contribution in [0.25, 0.3) is 0 Å². The lowest BCUT2D eigenvalue weighted by molar-refractivity contribution is -0.189. The molecule has 2 atom stereocenters. The molecular formula is C33H38FN3O9S. The number of esters is 1. The number of anilines is 1. The lowest BCUT2D eigenvalue weighted by Crippen LogP contribution is -2.59. The maximum atomic E-state index is 15.6. The van der Waals surface area contributed by atoms with Crippen molar-refractivity contribution in [2.24, 2.45) is 11.1 Å². The van der Waals surface area contributed by atoms with Crippen molar-refractivity contribution in [2.45, 2.75) is 73.8 Å². The number of carbonyl (C=O) groups is 3. The van der Waals surface area contributed by atoms with E-state index in [9.17, 15) is 22.8 Å². The predicted molar refractivity (Wildman–Crippen MR) is 165 cm³/mol. The van der Waals surface area contributed by atoms with Crippen LogP contribution in [0.4, 0.5) is 10.1 Å². The summed E-state index contributed by atoms with van der Waals surface area (Å²) >= 11 is 0. The maximum absolute atomic E-state index is 15.6. The second kappa shape index (κ2) is 12.2. The minimum atomic E-state index is -4.17. The van der Waals surface area contributed by atoms with E-state index in [1.165, 1.54) is 4.90 Å². The van der Waals surface area contributed by atoms with E-state index < -0.39 is 55.1 Å². The quantitative estimate of drug-likeness (QED) is 0.418. The third-order valence-electron chi connectivity index (χ3n) is 10.3. The van der Waals surface area contributed by atoms with Gasteiger partial charge in [-0.25, -0.2) is 12.8 Å². The van der Waals surface area contributed by atoms with Crippen LogP contribution in [0.3, 0.4) is 0 Å². The Balaban J connectivity index is 1.13. The van der Waals surface area contributed by atoms with E-state index in [1.807, 2.05) is 12.1 Å². The summed E-state index contributed by atoms with van der Waals surface area (Å²) in [6.45, 7) is 2.19. The fourth-order valence-electron chi connectivity index (χ4n) is 7.30. The molecule has 47 heavy (non-hydrogen) atoms. The largest absolute Gasteiger partial charge is 0.457 e. The summed E-state index contributed by atoms with van der Waals surface area (Å²) in [5, 5.41) is 3.01. The molecule has 2 aromatic carbocycles. The fraction of sp³-hybridized carbons (Fsp3) is 0.545. The second-order valence-electron chi connectivity index (χ2n) is 13.4. The van der Waals surface area contributed by atoms with Gasteiger partial charge < -0.3 is 34.9 Å². The van der Waals surface area contributed by atoms with Gasteiger partial charge in [-0.2, -0.15) is 0 Å². The summed E-state index contributed by atoms with van der Waals surface area (Å²) in [7, 11) is -4.17. The number of nitrogens with one attached hydrogen (secondary N) is 1. The molecule has 2 aromatic rings. The summed E-state index contributed by atoms with van der Waals surface area (Å²) in [5.74, 6) is -3.31. The van der Waals surface area contributed by atoms with Gasteiger partial charge in [0.1, 0.15) is 18.0 Å². The highest BCUT2D eigenvalue weighted by Gasteiger charge is 2.54. The van der Waals surface area contributed by atoms with Gasteiger partial charge in [-0.15, -0.1) is 0 Å². The van der Waals surface area contributed by atoms with Crippen LogP contribution in [0.1, 0.15) is 66.1 Å². The topological polar surface area (TPSA) is 164 Å². The van der Waals surface area contributed by atoms with E-state index >= 15 is 4.39 Å². The van der Waals surface area contributed by atoms with Crippen molar-refractivity contribution in [3.8, 4) is 0 Å². The SMILES string of the molecule is N[C@H]1CS(=O)(=O)c2cc(F)c(C(=O)NC34CCC(C(=O)OC5COC5)(CC3)CC4)cc2N(Cc2ccc(C3COCCO3)cc2)C1=O. The zero-order chi connectivity index (χ0) is 33.0.